The van der Waals surface area contributed by atoms with Crippen LogP contribution in [0.15, 0.2) is 30.3 Å². The zero-order valence-electron chi connectivity index (χ0n) is 14.2. The van der Waals surface area contributed by atoms with Crippen LogP contribution in [0, 0.1) is 0 Å². The van der Waals surface area contributed by atoms with Crippen molar-refractivity contribution >= 4 is 17.8 Å². The number of rotatable bonds is 4. The van der Waals surface area contributed by atoms with Gasteiger partial charge < -0.3 is 15.1 Å². The van der Waals surface area contributed by atoms with Crippen molar-refractivity contribution < 1.29 is 19.3 Å². The van der Waals surface area contributed by atoms with Gasteiger partial charge in [0.15, 0.2) is 6.04 Å². The minimum atomic E-state index is -0.481. The lowest BCUT2D eigenvalue weighted by molar-refractivity contribution is -0.925. The number of nitrogens with zero attached hydrogens (tertiary/aromatic N) is 1. The molecule has 3 N–H and O–H groups in total. The first-order chi connectivity index (χ1) is 11.5. The third-order valence-electron chi connectivity index (χ3n) is 4.23. The lowest BCUT2D eigenvalue weighted by atomic mass is 10.0. The minimum Gasteiger partial charge on any atom is -0.338 e. The van der Waals surface area contributed by atoms with Crippen molar-refractivity contribution in [2.75, 3.05) is 32.7 Å². The van der Waals surface area contributed by atoms with Gasteiger partial charge in [0.1, 0.15) is 0 Å². The summed E-state index contributed by atoms with van der Waals surface area (Å²) in [5.74, 6) is -0.268. The number of carbonyl (C=O) groups is 3. The van der Waals surface area contributed by atoms with Crippen LogP contribution in [0.1, 0.15) is 25.5 Å². The van der Waals surface area contributed by atoms with Gasteiger partial charge in [-0.1, -0.05) is 30.3 Å². The second-order valence-electron chi connectivity index (χ2n) is 5.86. The molecule has 7 nitrogen and oxygen atoms in total. The van der Waals surface area contributed by atoms with Crippen molar-refractivity contribution in [3.8, 4) is 0 Å². The Morgan fingerprint density at radius 2 is 1.79 bits per heavy atom. The highest BCUT2D eigenvalue weighted by Crippen LogP contribution is 2.10. The standard InChI is InChI=1S/C17H24N4O3/c1-3-18-17(24)19-16(23)15(14-7-5-4-6-8-14)21-11-9-20(10-12-21)13(2)22/h4-8,15H,3,9-12H2,1-2H3,(H2,18,19,23,24)/p+1/t15-/m0/s1. The molecule has 1 aliphatic rings. The number of benzene rings is 1. The fraction of sp³-hybridized carbons (Fsp3) is 0.471. The largest absolute Gasteiger partial charge is 0.338 e. The second-order valence-corrected chi connectivity index (χ2v) is 5.86. The number of quaternary nitrogens is 1. The third kappa shape index (κ3) is 4.55. The monoisotopic (exact) mass is 333 g/mol. The maximum Gasteiger partial charge on any atom is 0.321 e. The molecule has 0 unspecified atom stereocenters. The summed E-state index contributed by atoms with van der Waals surface area (Å²) in [5.41, 5.74) is 0.866. The van der Waals surface area contributed by atoms with Gasteiger partial charge in [-0.15, -0.1) is 0 Å². The fourth-order valence-electron chi connectivity index (χ4n) is 3.00. The predicted octanol–water partition coefficient (Wildman–Crippen LogP) is -0.680. The molecule has 1 fully saturated rings. The number of carbonyl (C=O) groups excluding carboxylic acids is 3. The van der Waals surface area contributed by atoms with E-state index in [0.29, 0.717) is 32.7 Å². The van der Waals surface area contributed by atoms with Crippen LogP contribution < -0.4 is 15.5 Å². The number of nitrogens with one attached hydrogen (secondary N) is 3. The van der Waals surface area contributed by atoms with Crippen molar-refractivity contribution in [3.63, 3.8) is 0 Å². The van der Waals surface area contributed by atoms with E-state index >= 15 is 0 Å². The van der Waals surface area contributed by atoms with E-state index in [4.69, 9.17) is 0 Å². The number of hydrogen-bond acceptors (Lipinski definition) is 3. The van der Waals surface area contributed by atoms with Gasteiger partial charge in [-0.25, -0.2) is 4.79 Å². The Hall–Kier alpha value is -2.41. The normalized spacial score (nSPS) is 16.3. The molecule has 1 heterocycles. The summed E-state index contributed by atoms with van der Waals surface area (Å²) < 4.78 is 0. The summed E-state index contributed by atoms with van der Waals surface area (Å²) in [6, 6.07) is 8.50. The average molecular weight is 333 g/mol. The van der Waals surface area contributed by atoms with Gasteiger partial charge in [-0.05, 0) is 6.92 Å². The maximum absolute atomic E-state index is 12.7. The highest BCUT2D eigenvalue weighted by molar-refractivity contribution is 5.96. The lowest BCUT2D eigenvalue weighted by Gasteiger charge is -2.35. The molecule has 0 aliphatic carbocycles. The smallest absolute Gasteiger partial charge is 0.321 e. The first kappa shape index (κ1) is 17.9. The molecule has 1 aliphatic heterocycles. The van der Waals surface area contributed by atoms with E-state index < -0.39 is 12.1 Å². The summed E-state index contributed by atoms with van der Waals surface area (Å²) in [6.45, 7) is 6.38. The molecule has 0 bridgehead atoms. The van der Waals surface area contributed by atoms with Crippen LogP contribution in [0.4, 0.5) is 4.79 Å². The van der Waals surface area contributed by atoms with Crippen LogP contribution in [0.3, 0.4) is 0 Å². The van der Waals surface area contributed by atoms with E-state index in [-0.39, 0.29) is 11.8 Å². The van der Waals surface area contributed by atoms with E-state index in [1.807, 2.05) is 30.3 Å². The summed E-state index contributed by atoms with van der Waals surface area (Å²) in [6.07, 6.45) is 0. The summed E-state index contributed by atoms with van der Waals surface area (Å²) >= 11 is 0. The zero-order valence-corrected chi connectivity index (χ0v) is 14.2. The first-order valence-electron chi connectivity index (χ1n) is 8.26. The maximum atomic E-state index is 12.7. The molecule has 0 spiro atoms. The first-order valence-corrected chi connectivity index (χ1v) is 8.26. The Balaban J connectivity index is 2.14. The Kier molecular flexibility index (Phi) is 6.31. The van der Waals surface area contributed by atoms with E-state index in [0.717, 1.165) is 10.5 Å². The average Bonchev–Trinajstić information content (AvgIpc) is 2.56. The number of piperazine rings is 1. The Labute approximate surface area is 142 Å². The van der Waals surface area contributed by atoms with Crippen LogP contribution in [0.25, 0.3) is 0 Å². The molecule has 0 aromatic heterocycles. The van der Waals surface area contributed by atoms with E-state index in [1.54, 1.807) is 18.7 Å². The van der Waals surface area contributed by atoms with Crippen molar-refractivity contribution in [1.82, 2.24) is 15.5 Å². The SMILES string of the molecule is CCNC(=O)NC(=O)[C@H](c1ccccc1)[NH+]1CCN(C(C)=O)CC1. The van der Waals surface area contributed by atoms with Gasteiger partial charge in [0.25, 0.3) is 5.91 Å². The van der Waals surface area contributed by atoms with E-state index in [9.17, 15) is 14.4 Å². The minimum absolute atomic E-state index is 0.0529. The molecule has 130 valence electrons. The van der Waals surface area contributed by atoms with Crippen molar-refractivity contribution in [1.29, 1.82) is 0 Å². The fourth-order valence-corrected chi connectivity index (χ4v) is 3.00. The molecular weight excluding hydrogens is 308 g/mol. The van der Waals surface area contributed by atoms with Gasteiger partial charge in [0.05, 0.1) is 26.2 Å². The molecular formula is C17H25N4O3+. The van der Waals surface area contributed by atoms with Crippen LogP contribution in [-0.4, -0.2) is 55.5 Å². The molecule has 1 aromatic rings. The van der Waals surface area contributed by atoms with Gasteiger partial charge in [0.2, 0.25) is 5.91 Å². The highest BCUT2D eigenvalue weighted by Gasteiger charge is 2.35. The molecule has 1 atom stereocenters. The number of imide groups is 1. The summed E-state index contributed by atoms with van der Waals surface area (Å²) in [7, 11) is 0. The Morgan fingerprint density at radius 1 is 1.17 bits per heavy atom. The second kappa shape index (κ2) is 8.44. The molecule has 4 amide bonds. The van der Waals surface area contributed by atoms with E-state index in [2.05, 4.69) is 10.6 Å². The molecule has 7 heteroatoms. The van der Waals surface area contributed by atoms with E-state index in [1.165, 1.54) is 0 Å². The van der Waals surface area contributed by atoms with Gasteiger partial charge in [-0.3, -0.25) is 14.9 Å². The lowest BCUT2D eigenvalue weighted by Crippen LogP contribution is -3.16. The Bertz CT molecular complexity index is 583. The van der Waals surface area contributed by atoms with Crippen molar-refractivity contribution in [2.45, 2.75) is 19.9 Å². The van der Waals surface area contributed by atoms with Crippen LogP contribution >= 0.6 is 0 Å². The number of urea groups is 1. The molecule has 0 saturated carbocycles. The van der Waals surface area contributed by atoms with Crippen molar-refractivity contribution in [2.24, 2.45) is 0 Å². The van der Waals surface area contributed by atoms with Crippen LogP contribution in [0.2, 0.25) is 0 Å². The molecule has 2 rings (SSSR count). The Morgan fingerprint density at radius 3 is 2.33 bits per heavy atom. The zero-order chi connectivity index (χ0) is 17.5. The van der Waals surface area contributed by atoms with Crippen molar-refractivity contribution in [3.05, 3.63) is 35.9 Å². The van der Waals surface area contributed by atoms with Crippen LogP contribution in [-0.2, 0) is 9.59 Å². The highest BCUT2D eigenvalue weighted by atomic mass is 16.2. The number of amides is 4. The van der Waals surface area contributed by atoms with Crippen LogP contribution in [0.5, 0.6) is 0 Å². The third-order valence-corrected chi connectivity index (χ3v) is 4.23. The predicted molar refractivity (Wildman–Crippen MR) is 89.3 cm³/mol. The molecule has 1 aromatic carbocycles. The molecule has 1 saturated heterocycles. The van der Waals surface area contributed by atoms with Gasteiger partial charge in [0, 0.05) is 19.0 Å². The van der Waals surface area contributed by atoms with Gasteiger partial charge >= 0.3 is 6.03 Å². The van der Waals surface area contributed by atoms with Gasteiger partial charge in [-0.2, -0.15) is 0 Å². The number of hydrogen-bond donors (Lipinski definition) is 3. The quantitative estimate of drug-likeness (QED) is 0.683. The molecule has 0 radical (unpaired) electrons. The molecule has 24 heavy (non-hydrogen) atoms. The topological polar surface area (TPSA) is 82.9 Å². The summed E-state index contributed by atoms with van der Waals surface area (Å²) in [5, 5.41) is 4.99. The summed E-state index contributed by atoms with van der Waals surface area (Å²) in [4.78, 5) is 38.7.